The Labute approximate surface area is 162 Å². The number of aryl methyl sites for hydroxylation is 2. The first kappa shape index (κ1) is 18.8. The van der Waals surface area contributed by atoms with E-state index >= 15 is 0 Å². The van der Waals surface area contributed by atoms with Gasteiger partial charge in [0.15, 0.2) is 0 Å². The molecule has 0 atom stereocenters. The molecule has 0 bridgehead atoms. The molecule has 0 spiro atoms. The van der Waals surface area contributed by atoms with Crippen LogP contribution in [0.1, 0.15) is 38.1 Å². The monoisotopic (exact) mass is 380 g/mol. The average molecular weight is 380 g/mol. The highest BCUT2D eigenvalue weighted by Crippen LogP contribution is 2.32. The summed E-state index contributed by atoms with van der Waals surface area (Å²) < 4.78 is 5.07. The summed E-state index contributed by atoms with van der Waals surface area (Å²) in [5.74, 6) is -0.513. The molecule has 0 aliphatic carbocycles. The number of nitrogens with one attached hydrogen (secondary N) is 1. The number of esters is 1. The number of nitrogens with zero attached hydrogens (tertiary/aromatic N) is 1. The van der Waals surface area contributed by atoms with E-state index in [2.05, 4.69) is 10.3 Å². The Bertz CT molecular complexity index is 995. The Balaban J connectivity index is 1.85. The number of aromatic nitrogens is 1. The number of anilines is 1. The zero-order valence-corrected chi connectivity index (χ0v) is 16.2. The molecule has 138 valence electrons. The molecule has 0 fully saturated rings. The first-order valence-electron chi connectivity index (χ1n) is 8.59. The number of rotatable bonds is 5. The smallest absolute Gasteiger partial charge is 0.338 e. The van der Waals surface area contributed by atoms with Crippen molar-refractivity contribution in [2.45, 2.75) is 20.8 Å². The molecule has 1 N–H and O–H groups in total. The summed E-state index contributed by atoms with van der Waals surface area (Å²) in [6.07, 6.45) is 3.35. The summed E-state index contributed by atoms with van der Waals surface area (Å²) >= 11 is 1.39. The predicted molar refractivity (Wildman–Crippen MR) is 107 cm³/mol. The van der Waals surface area contributed by atoms with E-state index in [1.807, 2.05) is 32.0 Å². The second-order valence-corrected chi connectivity index (χ2v) is 7.14. The van der Waals surface area contributed by atoms with Gasteiger partial charge in [-0.1, -0.05) is 6.07 Å². The molecular weight excluding hydrogens is 360 g/mol. The molecule has 0 unspecified atom stereocenters. The van der Waals surface area contributed by atoms with Crippen molar-refractivity contribution in [3.05, 3.63) is 70.4 Å². The molecule has 2 aromatic heterocycles. The van der Waals surface area contributed by atoms with Gasteiger partial charge in [0, 0.05) is 23.0 Å². The molecule has 0 radical (unpaired) electrons. The van der Waals surface area contributed by atoms with Crippen LogP contribution in [0.4, 0.5) is 5.69 Å². The molecular formula is C21H20N2O3S. The maximum absolute atomic E-state index is 12.6. The van der Waals surface area contributed by atoms with E-state index in [0.717, 1.165) is 27.3 Å². The molecule has 0 aliphatic heterocycles. The number of carbonyl (C=O) groups is 2. The van der Waals surface area contributed by atoms with Crippen molar-refractivity contribution < 1.29 is 14.3 Å². The van der Waals surface area contributed by atoms with Gasteiger partial charge in [-0.25, -0.2) is 4.79 Å². The maximum atomic E-state index is 12.6. The van der Waals surface area contributed by atoms with Crippen molar-refractivity contribution in [2.75, 3.05) is 11.9 Å². The van der Waals surface area contributed by atoms with Gasteiger partial charge in [-0.2, -0.15) is 0 Å². The van der Waals surface area contributed by atoms with E-state index in [9.17, 15) is 9.59 Å². The third-order valence-corrected chi connectivity index (χ3v) is 5.23. The third kappa shape index (κ3) is 4.23. The number of benzene rings is 1. The normalized spacial score (nSPS) is 10.5. The molecule has 3 aromatic rings. The Hall–Kier alpha value is -2.99. The zero-order chi connectivity index (χ0) is 19.4. The van der Waals surface area contributed by atoms with Crippen molar-refractivity contribution in [3.8, 4) is 10.4 Å². The number of hydrogen-bond acceptors (Lipinski definition) is 5. The number of hydrogen-bond donors (Lipinski definition) is 1. The van der Waals surface area contributed by atoms with Gasteiger partial charge in [0.25, 0.3) is 5.91 Å². The van der Waals surface area contributed by atoms with Crippen LogP contribution in [0.15, 0.2) is 48.8 Å². The Morgan fingerprint density at radius 1 is 1.11 bits per heavy atom. The number of pyridine rings is 1. The van der Waals surface area contributed by atoms with E-state index in [4.69, 9.17) is 4.74 Å². The summed E-state index contributed by atoms with van der Waals surface area (Å²) in [5.41, 5.74) is 4.10. The molecule has 3 rings (SSSR count). The lowest BCUT2D eigenvalue weighted by Gasteiger charge is -2.07. The Morgan fingerprint density at radius 2 is 1.93 bits per heavy atom. The van der Waals surface area contributed by atoms with Gasteiger partial charge in [0.1, 0.15) is 0 Å². The van der Waals surface area contributed by atoms with Gasteiger partial charge in [-0.05, 0) is 67.8 Å². The minimum absolute atomic E-state index is 0.167. The van der Waals surface area contributed by atoms with Crippen LogP contribution < -0.4 is 5.32 Å². The van der Waals surface area contributed by atoms with Crippen molar-refractivity contribution in [1.82, 2.24) is 4.98 Å². The minimum atomic E-state index is -0.346. The maximum Gasteiger partial charge on any atom is 0.338 e. The topological polar surface area (TPSA) is 68.3 Å². The van der Waals surface area contributed by atoms with Gasteiger partial charge in [0.2, 0.25) is 0 Å². The van der Waals surface area contributed by atoms with E-state index in [0.29, 0.717) is 17.0 Å². The second-order valence-electron chi connectivity index (χ2n) is 6.06. The Morgan fingerprint density at radius 3 is 2.67 bits per heavy atom. The van der Waals surface area contributed by atoms with Gasteiger partial charge >= 0.3 is 5.97 Å². The van der Waals surface area contributed by atoms with Crippen LogP contribution in [0.25, 0.3) is 10.4 Å². The molecule has 0 aliphatic rings. The van der Waals surface area contributed by atoms with E-state index in [1.165, 1.54) is 11.3 Å². The lowest BCUT2D eigenvalue weighted by Crippen LogP contribution is -2.11. The quantitative estimate of drug-likeness (QED) is 0.642. The van der Waals surface area contributed by atoms with Crippen LogP contribution in [-0.2, 0) is 4.74 Å². The van der Waals surface area contributed by atoms with Crippen molar-refractivity contribution in [1.29, 1.82) is 0 Å². The first-order chi connectivity index (χ1) is 13.0. The molecule has 1 amide bonds. The third-order valence-electron chi connectivity index (χ3n) is 4.11. The fraction of sp³-hybridized carbons (Fsp3) is 0.190. The highest BCUT2D eigenvalue weighted by molar-refractivity contribution is 7.17. The van der Waals surface area contributed by atoms with Crippen molar-refractivity contribution >= 4 is 28.9 Å². The van der Waals surface area contributed by atoms with Gasteiger partial charge < -0.3 is 10.1 Å². The molecule has 0 saturated carbocycles. The highest BCUT2D eigenvalue weighted by Gasteiger charge is 2.15. The number of carbonyl (C=O) groups excluding carboxylic acids is 2. The second kappa shape index (κ2) is 8.14. The van der Waals surface area contributed by atoms with Crippen LogP contribution >= 0.6 is 11.3 Å². The van der Waals surface area contributed by atoms with Crippen LogP contribution in [0.3, 0.4) is 0 Å². The number of amides is 1. The lowest BCUT2D eigenvalue weighted by molar-refractivity contribution is 0.0526. The van der Waals surface area contributed by atoms with Gasteiger partial charge in [-0.3, -0.25) is 9.78 Å². The fourth-order valence-corrected chi connectivity index (χ4v) is 3.61. The molecule has 1 aromatic carbocycles. The van der Waals surface area contributed by atoms with E-state index in [1.54, 1.807) is 37.5 Å². The summed E-state index contributed by atoms with van der Waals surface area (Å²) in [4.78, 5) is 30.1. The summed E-state index contributed by atoms with van der Waals surface area (Å²) in [7, 11) is 0. The van der Waals surface area contributed by atoms with Gasteiger partial charge in [0.05, 0.1) is 17.0 Å². The van der Waals surface area contributed by atoms with Gasteiger partial charge in [-0.15, -0.1) is 11.3 Å². The van der Waals surface area contributed by atoms with Crippen molar-refractivity contribution in [3.63, 3.8) is 0 Å². The average Bonchev–Trinajstić information content (AvgIpc) is 3.14. The molecule has 27 heavy (non-hydrogen) atoms. The van der Waals surface area contributed by atoms with Crippen LogP contribution in [0, 0.1) is 13.8 Å². The molecule has 2 heterocycles. The predicted octanol–water partition coefficient (Wildman–Crippen LogP) is 4.86. The summed E-state index contributed by atoms with van der Waals surface area (Å²) in [6.45, 7) is 5.98. The standard InChI is InChI=1S/C21H20N2O3S/c1-4-26-21(25)15-6-5-13(2)16(11-15)18-7-8-19(27-18)20(24)23-17-9-10-22-12-14(17)3/h5-12H,4H2,1-3H3,(H,22,23,24). The number of thiophene rings is 1. The SMILES string of the molecule is CCOC(=O)c1ccc(C)c(-c2ccc(C(=O)Nc3ccncc3C)s2)c1. The van der Waals surface area contributed by atoms with Crippen LogP contribution in [0.5, 0.6) is 0 Å². The van der Waals surface area contributed by atoms with Crippen molar-refractivity contribution in [2.24, 2.45) is 0 Å². The van der Waals surface area contributed by atoms with E-state index < -0.39 is 0 Å². The lowest BCUT2D eigenvalue weighted by atomic mass is 10.0. The molecule has 5 nitrogen and oxygen atoms in total. The zero-order valence-electron chi connectivity index (χ0n) is 15.4. The largest absolute Gasteiger partial charge is 0.462 e. The number of ether oxygens (including phenoxy) is 1. The molecule has 0 saturated heterocycles. The van der Waals surface area contributed by atoms with E-state index in [-0.39, 0.29) is 11.9 Å². The van der Waals surface area contributed by atoms with Crippen LogP contribution in [-0.4, -0.2) is 23.5 Å². The highest BCUT2D eigenvalue weighted by atomic mass is 32.1. The Kier molecular flexibility index (Phi) is 5.66. The van der Waals surface area contributed by atoms with Crippen LogP contribution in [0.2, 0.25) is 0 Å². The summed E-state index contributed by atoms with van der Waals surface area (Å²) in [6, 6.07) is 10.9. The minimum Gasteiger partial charge on any atom is -0.462 e. The fourth-order valence-electron chi connectivity index (χ4n) is 2.63. The molecule has 6 heteroatoms. The first-order valence-corrected chi connectivity index (χ1v) is 9.41. The summed E-state index contributed by atoms with van der Waals surface area (Å²) in [5, 5.41) is 2.91.